The van der Waals surface area contributed by atoms with Crippen molar-refractivity contribution in [2.45, 2.75) is 46.0 Å². The van der Waals surface area contributed by atoms with Crippen LogP contribution in [0.15, 0.2) is 9.98 Å². The highest BCUT2D eigenvalue weighted by atomic mass is 16.1. The van der Waals surface area contributed by atoms with Crippen LogP contribution in [0.2, 0.25) is 0 Å². The SMILES string of the molecule is CCC(C)CN.O=C=NCCCCCCN=C=O. The number of hydrogen-bond donors (Lipinski definition) is 1. The molecule has 5 nitrogen and oxygen atoms in total. The van der Waals surface area contributed by atoms with Crippen molar-refractivity contribution in [2.75, 3.05) is 19.6 Å². The summed E-state index contributed by atoms with van der Waals surface area (Å²) < 4.78 is 0. The molecule has 0 fully saturated rings. The molecule has 0 radical (unpaired) electrons. The maximum atomic E-state index is 9.63. The lowest BCUT2D eigenvalue weighted by Crippen LogP contribution is -2.08. The molecule has 0 saturated heterocycles. The first-order chi connectivity index (χ1) is 8.72. The molecular weight excluding hydrogens is 230 g/mol. The van der Waals surface area contributed by atoms with Gasteiger partial charge in [0, 0.05) is 0 Å². The Kier molecular flexibility index (Phi) is 19.2. The Hall–Kier alpha value is -1.28. The first-order valence-electron chi connectivity index (χ1n) is 6.50. The fourth-order valence-electron chi connectivity index (χ4n) is 0.993. The number of carbonyl (C=O) groups excluding carboxylic acids is 2. The molecule has 0 amide bonds. The van der Waals surface area contributed by atoms with Gasteiger partial charge in [-0.25, -0.2) is 19.6 Å². The molecule has 0 rings (SSSR count). The minimum Gasteiger partial charge on any atom is -0.330 e. The van der Waals surface area contributed by atoms with Crippen molar-refractivity contribution in [3.05, 3.63) is 0 Å². The molecule has 1 unspecified atom stereocenters. The number of rotatable bonds is 9. The number of nitrogens with two attached hydrogens (primary N) is 1. The van der Waals surface area contributed by atoms with Crippen LogP contribution in [-0.2, 0) is 9.59 Å². The molecule has 0 aromatic carbocycles. The van der Waals surface area contributed by atoms with Crippen molar-refractivity contribution in [3.63, 3.8) is 0 Å². The van der Waals surface area contributed by atoms with Crippen LogP contribution in [0.4, 0.5) is 0 Å². The minimum atomic E-state index is 0.556. The zero-order valence-corrected chi connectivity index (χ0v) is 11.5. The lowest BCUT2D eigenvalue weighted by atomic mass is 10.1. The Balaban J connectivity index is 0. The van der Waals surface area contributed by atoms with Gasteiger partial charge >= 0.3 is 0 Å². The van der Waals surface area contributed by atoms with Crippen molar-refractivity contribution >= 4 is 12.2 Å². The van der Waals surface area contributed by atoms with E-state index in [1.807, 2.05) is 0 Å². The van der Waals surface area contributed by atoms with E-state index in [2.05, 4.69) is 23.8 Å². The smallest absolute Gasteiger partial charge is 0.234 e. The fraction of sp³-hybridized carbons (Fsp3) is 0.846. The van der Waals surface area contributed by atoms with Crippen LogP contribution < -0.4 is 5.73 Å². The van der Waals surface area contributed by atoms with E-state index >= 15 is 0 Å². The van der Waals surface area contributed by atoms with Crippen molar-refractivity contribution in [2.24, 2.45) is 21.6 Å². The first kappa shape index (κ1) is 19.1. The van der Waals surface area contributed by atoms with Gasteiger partial charge in [-0.1, -0.05) is 33.1 Å². The quantitative estimate of drug-likeness (QED) is 0.389. The molecule has 0 bridgehead atoms. The second kappa shape index (κ2) is 18.1. The van der Waals surface area contributed by atoms with Gasteiger partial charge in [0.1, 0.15) is 0 Å². The Labute approximate surface area is 110 Å². The van der Waals surface area contributed by atoms with Gasteiger partial charge in [-0.15, -0.1) is 0 Å². The molecular formula is C13H25N3O2. The largest absolute Gasteiger partial charge is 0.330 e. The Bertz CT molecular complexity index is 231. The maximum absolute atomic E-state index is 9.63. The van der Waals surface area contributed by atoms with E-state index in [1.165, 1.54) is 18.6 Å². The molecule has 2 N–H and O–H groups in total. The molecule has 0 aliphatic carbocycles. The van der Waals surface area contributed by atoms with Gasteiger partial charge in [-0.05, 0) is 25.3 Å². The first-order valence-corrected chi connectivity index (χ1v) is 6.50. The average molecular weight is 255 g/mol. The standard InChI is InChI=1S/C8H12N2O2.C5H13N/c11-7-9-5-3-1-2-4-6-10-8-12;1-3-5(2)4-6/h1-6H2;5H,3-4,6H2,1-2H3. The van der Waals surface area contributed by atoms with E-state index in [9.17, 15) is 9.59 Å². The number of nitrogens with zero attached hydrogens (tertiary/aromatic N) is 2. The fourth-order valence-corrected chi connectivity index (χ4v) is 0.993. The predicted molar refractivity (Wildman–Crippen MR) is 73.0 cm³/mol. The number of hydrogen-bond acceptors (Lipinski definition) is 5. The number of aliphatic imine (C=N–C) groups is 2. The summed E-state index contributed by atoms with van der Waals surface area (Å²) in [6, 6.07) is 0. The molecule has 0 aliphatic rings. The third kappa shape index (κ3) is 20.2. The van der Waals surface area contributed by atoms with E-state index in [-0.39, 0.29) is 0 Å². The molecule has 1 atom stereocenters. The summed E-state index contributed by atoms with van der Waals surface area (Å²) in [7, 11) is 0. The topological polar surface area (TPSA) is 84.9 Å². The Morgan fingerprint density at radius 2 is 1.44 bits per heavy atom. The molecule has 0 aromatic rings. The summed E-state index contributed by atoms with van der Waals surface area (Å²) in [6.07, 6.45) is 8.01. The number of isocyanates is 2. The zero-order chi connectivity index (χ0) is 14.1. The summed E-state index contributed by atoms with van der Waals surface area (Å²) in [5.74, 6) is 0.713. The van der Waals surface area contributed by atoms with E-state index < -0.39 is 0 Å². The van der Waals surface area contributed by atoms with E-state index in [1.54, 1.807) is 0 Å². The average Bonchev–Trinajstić information content (AvgIpc) is 2.41. The van der Waals surface area contributed by atoms with Crippen LogP contribution >= 0.6 is 0 Å². The highest BCUT2D eigenvalue weighted by Crippen LogP contribution is 1.99. The summed E-state index contributed by atoms with van der Waals surface area (Å²) >= 11 is 0. The molecule has 0 heterocycles. The summed E-state index contributed by atoms with van der Waals surface area (Å²) in [5.41, 5.74) is 5.28. The highest BCUT2D eigenvalue weighted by molar-refractivity contribution is 5.32. The highest BCUT2D eigenvalue weighted by Gasteiger charge is 1.89. The maximum Gasteiger partial charge on any atom is 0.234 e. The van der Waals surface area contributed by atoms with Gasteiger partial charge in [0.2, 0.25) is 12.2 Å². The zero-order valence-electron chi connectivity index (χ0n) is 11.5. The Morgan fingerprint density at radius 1 is 1.00 bits per heavy atom. The molecule has 0 saturated carbocycles. The lowest BCUT2D eigenvalue weighted by molar-refractivity contribution is 0.558. The molecule has 0 aliphatic heterocycles. The second-order valence-electron chi connectivity index (χ2n) is 4.11. The predicted octanol–water partition coefficient (Wildman–Crippen LogP) is 2.21. The summed E-state index contributed by atoms with van der Waals surface area (Å²) in [4.78, 5) is 26.1. The van der Waals surface area contributed by atoms with Gasteiger partial charge in [0.25, 0.3) is 0 Å². The van der Waals surface area contributed by atoms with Crippen molar-refractivity contribution in [1.82, 2.24) is 0 Å². The van der Waals surface area contributed by atoms with Crippen molar-refractivity contribution < 1.29 is 9.59 Å². The number of unbranched alkanes of at least 4 members (excludes halogenated alkanes) is 3. The van der Waals surface area contributed by atoms with Crippen LogP contribution in [0.1, 0.15) is 46.0 Å². The normalized spacial score (nSPS) is 10.4. The van der Waals surface area contributed by atoms with Crippen LogP contribution in [0.25, 0.3) is 0 Å². The minimum absolute atomic E-state index is 0.556. The summed E-state index contributed by atoms with van der Waals surface area (Å²) in [6.45, 7) is 6.24. The lowest BCUT2D eigenvalue weighted by Gasteiger charge is -1.98. The molecule has 18 heavy (non-hydrogen) atoms. The van der Waals surface area contributed by atoms with Crippen molar-refractivity contribution in [3.8, 4) is 0 Å². The van der Waals surface area contributed by atoms with Crippen LogP contribution in [0.3, 0.4) is 0 Å². The third-order valence-corrected chi connectivity index (χ3v) is 2.52. The van der Waals surface area contributed by atoms with E-state index in [0.29, 0.717) is 19.0 Å². The Morgan fingerprint density at radius 3 is 1.67 bits per heavy atom. The van der Waals surface area contributed by atoms with E-state index in [0.717, 1.165) is 32.2 Å². The van der Waals surface area contributed by atoms with E-state index in [4.69, 9.17) is 5.73 Å². The second-order valence-corrected chi connectivity index (χ2v) is 4.11. The van der Waals surface area contributed by atoms with Gasteiger partial charge in [0.15, 0.2) is 0 Å². The van der Waals surface area contributed by atoms with Gasteiger partial charge in [0.05, 0.1) is 13.1 Å². The van der Waals surface area contributed by atoms with Crippen LogP contribution in [-0.4, -0.2) is 31.8 Å². The molecule has 5 heteroatoms. The molecule has 0 aromatic heterocycles. The third-order valence-electron chi connectivity index (χ3n) is 2.52. The van der Waals surface area contributed by atoms with Gasteiger partial charge < -0.3 is 5.73 Å². The van der Waals surface area contributed by atoms with Gasteiger partial charge in [-0.3, -0.25) is 0 Å². The van der Waals surface area contributed by atoms with Crippen LogP contribution in [0, 0.1) is 5.92 Å². The van der Waals surface area contributed by atoms with Crippen LogP contribution in [0.5, 0.6) is 0 Å². The molecule has 104 valence electrons. The monoisotopic (exact) mass is 255 g/mol. The molecule has 0 spiro atoms. The summed E-state index contributed by atoms with van der Waals surface area (Å²) in [5, 5.41) is 0. The van der Waals surface area contributed by atoms with Gasteiger partial charge in [-0.2, -0.15) is 0 Å². The van der Waals surface area contributed by atoms with Crippen molar-refractivity contribution in [1.29, 1.82) is 0 Å².